The molecule has 13 rings (SSSR count). The Morgan fingerprint density at radius 1 is 0.543 bits per heavy atom. The predicted molar refractivity (Wildman–Crippen MR) is 409 cm³/mol. The van der Waals surface area contributed by atoms with Crippen molar-refractivity contribution in [3.05, 3.63) is 184 Å². The molecule has 8 heterocycles. The molecule has 0 radical (unpaired) electrons. The van der Waals surface area contributed by atoms with Crippen LogP contribution in [0.4, 0.5) is 21.8 Å². The molecule has 5 aliphatic rings. The number of carboxylic acid groups (broad SMARTS) is 3. The van der Waals surface area contributed by atoms with Crippen molar-refractivity contribution in [2.45, 2.75) is 103 Å². The molecule has 0 amide bonds. The van der Waals surface area contributed by atoms with Gasteiger partial charge in [-0.05, 0) is 216 Å². The Morgan fingerprint density at radius 3 is 1.34 bits per heavy atom. The molecular weight excluding hydrogens is 1360 g/mol. The zero-order chi connectivity index (χ0) is 73.2. The molecule has 5 aromatic carbocycles. The Balaban J connectivity index is 0.00000551. The number of carbonyl (C=O) groups is 3. The van der Waals surface area contributed by atoms with E-state index >= 15 is 0 Å². The van der Waals surface area contributed by atoms with Crippen molar-refractivity contribution >= 4 is 116 Å². The third-order valence-electron chi connectivity index (χ3n) is 21.1. The Hall–Kier alpha value is -9.30. The molecule has 5 aliphatic heterocycles. The number of H-pyrrole nitrogens is 2. The van der Waals surface area contributed by atoms with Crippen LogP contribution >= 0.6 is 12.2 Å². The first-order chi connectivity index (χ1) is 49.0. The number of carbonyl (C=O) groups excluding carboxylic acids is 3. The Kier molecular flexibility index (Phi) is 22.2. The predicted octanol–water partition coefficient (Wildman–Crippen LogP) is 8.56. The summed E-state index contributed by atoms with van der Waals surface area (Å²) in [6, 6.07) is 43.7. The summed E-state index contributed by atoms with van der Waals surface area (Å²) < 4.78 is 0. The van der Waals surface area contributed by atoms with E-state index < -0.39 is 72.0 Å². The molecule has 22 nitrogen and oxygen atoms in total. The number of fused-ring (bicyclic) bond motifs is 10. The van der Waals surface area contributed by atoms with E-state index in [-0.39, 0.29) is 67.9 Å². The van der Waals surface area contributed by atoms with Crippen molar-refractivity contribution in [2.75, 3.05) is 81.8 Å². The van der Waals surface area contributed by atoms with Gasteiger partial charge in [0.1, 0.15) is 6.23 Å². The molecular formula is C80H87AlFN13O9S. The number of nitrogens with two attached hydrogens (primary N) is 1. The number of thiocarbonyl (C=S) groups is 1. The molecule has 1 fully saturated rings. The monoisotopic (exact) mass is 1450 g/mol. The minimum absolute atomic E-state index is 0. The summed E-state index contributed by atoms with van der Waals surface area (Å²) in [4.78, 5) is 61.7. The first-order valence-electron chi connectivity index (χ1n) is 34.7. The Bertz CT molecular complexity index is 4820. The molecule has 542 valence electrons. The minimum Gasteiger partial charge on any atom is -0.549 e. The van der Waals surface area contributed by atoms with Crippen LogP contribution in [0.5, 0.6) is 0 Å². The molecule has 2 atom stereocenters. The van der Waals surface area contributed by atoms with Crippen LogP contribution in [0, 0.1) is 0 Å². The van der Waals surface area contributed by atoms with Crippen molar-refractivity contribution < 1.29 is 49.9 Å². The third kappa shape index (κ3) is 15.2. The summed E-state index contributed by atoms with van der Waals surface area (Å²) in [7, 11) is 0. The number of halogens is 1. The molecule has 8 bridgehead atoms. The maximum Gasteiger partial charge on any atom is 3.00 e. The van der Waals surface area contributed by atoms with Crippen LogP contribution in [0.3, 0.4) is 0 Å². The second-order valence-electron chi connectivity index (χ2n) is 29.4. The van der Waals surface area contributed by atoms with Gasteiger partial charge in [0.05, 0.1) is 62.8 Å². The van der Waals surface area contributed by atoms with E-state index in [1.54, 1.807) is 26.5 Å². The SMILES string of the molecule is CC(O)N1CCN(CC(=O)[O-])CCN(CC(=O)[O-])CCN(CC(=O)[O-])C(Cc2ccc(NC(=S)Nc3ccc(-c4c5nc(c(-c6cccc7c6C(C)(C)N(O)C7(C)C)c6ccc([nH]6)c(-c6ccc(N)cc6)c6nc(c(-c7cccc8c7C(C)(C)N(O)C8(C)C)c7ccc4[nH]7)C=C6)C=C5)cc3)cc2)C1.[18FH].[Al+3]. The van der Waals surface area contributed by atoms with Crippen LogP contribution in [-0.2, 0) is 43.0 Å². The number of hydrogen-bond donors (Lipinski definition) is 8. The van der Waals surface area contributed by atoms with Crippen LogP contribution in [-0.4, -0.2) is 183 Å². The number of aliphatic hydroxyl groups is 1. The summed E-state index contributed by atoms with van der Waals surface area (Å²) in [6.45, 7) is 17.9. The maximum absolute atomic E-state index is 12.3. The standard InChI is InChI=1S/C80H89N13O9S.Al.FH/c1-47(94)90-40-38-88(44-67(95)96)36-37-89(45-68(97)98)39-41-91(46-69(99)100)54(43-90)42-48-16-24-52(25-17-48)82-76(103)83-53-26-20-50(21-27-53)71-61-30-34-65(86-61)72(55-12-10-14-57-74(55)79(6,7)92(101)77(57,2)3)63-32-28-59(84-63)70(49-18-22-51(81)23-19-49)60-29-33-64(85-60)73(66-35-31-62(71)87-66)56-13-11-15-58-75(56)80(8,9)93(102)78(58,4)5;;/h10-35,47,54,84,87,94,101-102H,36-46,81H2,1-9H3,(H,95,96)(H,97,98)(H,99,100)(H2,82,83,103);;1H/q;+3;/p-3/i;;1-1. The second-order valence-corrected chi connectivity index (χ2v) is 29.8. The molecule has 25 heteroatoms. The number of nitrogens with one attached hydrogen (secondary N) is 4. The van der Waals surface area contributed by atoms with Crippen LogP contribution < -0.4 is 31.7 Å². The van der Waals surface area contributed by atoms with Crippen LogP contribution in [0.15, 0.2) is 133 Å². The van der Waals surface area contributed by atoms with Gasteiger partial charge in [0.15, 0.2) is 5.11 Å². The van der Waals surface area contributed by atoms with Gasteiger partial charge in [-0.25, -0.2) is 9.97 Å². The fraction of sp³-hybridized carbons (Fsp3) is 0.325. The first kappa shape index (κ1) is 76.8. The van der Waals surface area contributed by atoms with Gasteiger partial charge in [0, 0.05) is 133 Å². The van der Waals surface area contributed by atoms with Gasteiger partial charge in [-0.1, -0.05) is 72.8 Å². The molecule has 2 unspecified atom stereocenters. The zero-order valence-electron chi connectivity index (χ0n) is 60.3. The van der Waals surface area contributed by atoms with Gasteiger partial charge in [-0.3, -0.25) is 24.3 Å². The van der Waals surface area contributed by atoms with Crippen LogP contribution in [0.1, 0.15) is 113 Å². The number of aromatic nitrogens is 4. The average molecular weight is 1450 g/mol. The number of benzene rings is 5. The van der Waals surface area contributed by atoms with E-state index in [0.717, 1.165) is 100 Å². The zero-order valence-corrected chi connectivity index (χ0v) is 62.3. The van der Waals surface area contributed by atoms with Crippen LogP contribution in [0.25, 0.3) is 90.9 Å². The number of aromatic amines is 2. The smallest absolute Gasteiger partial charge is 0.549 e. The first-order valence-corrected chi connectivity index (χ1v) is 35.2. The number of aliphatic hydroxyl groups excluding tert-OH is 1. The Labute approximate surface area is 625 Å². The Morgan fingerprint density at radius 2 is 0.924 bits per heavy atom. The number of nitrogens with zero attached hydrogens (tertiary/aromatic N) is 8. The van der Waals surface area contributed by atoms with Gasteiger partial charge in [0.25, 0.3) is 0 Å². The van der Waals surface area contributed by atoms with E-state index in [2.05, 4.69) is 93.4 Å². The second kappa shape index (κ2) is 30.3. The topological polar surface area (TPSA) is 308 Å². The molecule has 3 aromatic heterocycles. The van der Waals surface area contributed by atoms with Crippen molar-refractivity contribution in [3.63, 3.8) is 0 Å². The summed E-state index contributed by atoms with van der Waals surface area (Å²) >= 11 is 5.95. The fourth-order valence-corrected chi connectivity index (χ4v) is 16.3. The van der Waals surface area contributed by atoms with Gasteiger partial charge < -0.3 is 71.6 Å². The van der Waals surface area contributed by atoms with Crippen molar-refractivity contribution in [2.24, 2.45) is 0 Å². The summed E-state index contributed by atoms with van der Waals surface area (Å²) in [5, 5.41) is 80.8. The minimum atomic E-state index is -1.32. The van der Waals surface area contributed by atoms with Crippen molar-refractivity contribution in [1.82, 2.24) is 49.7 Å². The van der Waals surface area contributed by atoms with Gasteiger partial charge in [-0.15, -0.1) is 0 Å². The van der Waals surface area contributed by atoms with E-state index in [1.165, 1.54) is 10.1 Å². The molecule has 105 heavy (non-hydrogen) atoms. The number of anilines is 3. The summed E-state index contributed by atoms with van der Waals surface area (Å²) in [5.74, 6) is -3.93. The number of nitrogen functional groups attached to an aromatic ring is 1. The maximum atomic E-state index is 12.3. The fourth-order valence-electron chi connectivity index (χ4n) is 16.0. The van der Waals surface area contributed by atoms with Gasteiger partial charge >= 0.3 is 17.4 Å². The third-order valence-corrected chi connectivity index (χ3v) is 21.3. The normalized spacial score (nSPS) is 18.4. The van der Waals surface area contributed by atoms with Gasteiger partial charge in [0.2, 0.25) is 0 Å². The van der Waals surface area contributed by atoms with E-state index in [1.807, 2.05) is 140 Å². The molecule has 0 saturated carbocycles. The number of carboxylic acids is 3. The largest absolute Gasteiger partial charge is 3.00 e. The molecule has 0 aliphatic carbocycles. The van der Waals surface area contributed by atoms with Gasteiger partial charge in [-0.2, -0.15) is 10.1 Å². The van der Waals surface area contributed by atoms with Crippen molar-refractivity contribution in [1.29, 1.82) is 0 Å². The van der Waals surface area contributed by atoms with E-state index in [0.29, 0.717) is 45.7 Å². The number of hydroxylamine groups is 4. The van der Waals surface area contributed by atoms with E-state index in [9.17, 15) is 45.2 Å². The number of aliphatic carboxylic acids is 3. The molecule has 0 spiro atoms. The quantitative estimate of drug-likeness (QED) is 0.0271. The molecule has 1 saturated heterocycles. The van der Waals surface area contributed by atoms with Crippen LogP contribution in [0.2, 0.25) is 0 Å². The average Bonchev–Trinajstić information content (AvgIpc) is 1.56. The number of rotatable bonds is 15. The molecule has 8 aromatic rings. The van der Waals surface area contributed by atoms with Crippen molar-refractivity contribution in [3.8, 4) is 44.5 Å². The number of hydrogen-bond acceptors (Lipinski definition) is 19. The molecule has 9 N–H and O–H groups in total. The summed E-state index contributed by atoms with van der Waals surface area (Å²) in [6.07, 6.45) is 7.59. The summed E-state index contributed by atoms with van der Waals surface area (Å²) in [5.41, 5.74) is 22.9. The van der Waals surface area contributed by atoms with E-state index in [4.69, 9.17) is 27.9 Å².